The summed E-state index contributed by atoms with van der Waals surface area (Å²) in [4.78, 5) is 22.3. The van der Waals surface area contributed by atoms with E-state index in [4.69, 9.17) is 4.74 Å². The molecule has 0 bridgehead atoms. The molecule has 2 aliphatic rings. The second-order valence-corrected chi connectivity index (χ2v) is 10.7. The first kappa shape index (κ1) is 21.4. The lowest BCUT2D eigenvalue weighted by molar-refractivity contribution is -0.155. The van der Waals surface area contributed by atoms with Crippen LogP contribution in [-0.2, 0) is 9.53 Å². The predicted octanol–water partition coefficient (Wildman–Crippen LogP) is 3.93. The Hall–Kier alpha value is -2.48. The Balaban J connectivity index is 1.14. The Bertz CT molecular complexity index is 1090. The highest BCUT2D eigenvalue weighted by atomic mass is 16.6. The van der Waals surface area contributed by atoms with E-state index in [1.54, 1.807) is 6.33 Å². The minimum atomic E-state index is -0.396. The molecule has 1 atom stereocenters. The van der Waals surface area contributed by atoms with Gasteiger partial charge in [-0.05, 0) is 77.3 Å². The van der Waals surface area contributed by atoms with Gasteiger partial charge in [-0.3, -0.25) is 4.79 Å². The summed E-state index contributed by atoms with van der Waals surface area (Å²) >= 11 is 0. The molecular formula is C24H34N6O2. The number of nitrogens with zero attached hydrogens (tertiary/aromatic N) is 5. The Kier molecular flexibility index (Phi) is 5.65. The Morgan fingerprint density at radius 3 is 2.78 bits per heavy atom. The van der Waals surface area contributed by atoms with Gasteiger partial charge in [-0.25, -0.2) is 9.50 Å². The van der Waals surface area contributed by atoms with Gasteiger partial charge in [0.15, 0.2) is 0 Å². The van der Waals surface area contributed by atoms with Crippen molar-refractivity contribution >= 4 is 22.5 Å². The topological polar surface area (TPSA) is 88.4 Å². The molecule has 5 rings (SSSR count). The Morgan fingerprint density at radius 2 is 2.00 bits per heavy atom. The van der Waals surface area contributed by atoms with Gasteiger partial charge >= 0.3 is 5.97 Å². The molecule has 1 saturated carbocycles. The lowest BCUT2D eigenvalue weighted by atomic mass is 9.80. The van der Waals surface area contributed by atoms with Crippen LogP contribution in [0.4, 0.5) is 0 Å². The van der Waals surface area contributed by atoms with Crippen molar-refractivity contribution in [1.29, 1.82) is 0 Å². The zero-order valence-electron chi connectivity index (χ0n) is 19.4. The van der Waals surface area contributed by atoms with E-state index in [0.717, 1.165) is 67.1 Å². The first-order valence-electron chi connectivity index (χ1n) is 12.0. The summed E-state index contributed by atoms with van der Waals surface area (Å²) in [6.45, 7) is 9.06. The van der Waals surface area contributed by atoms with Gasteiger partial charge in [-0.1, -0.05) is 5.21 Å². The summed E-state index contributed by atoms with van der Waals surface area (Å²) in [6.07, 6.45) is 10.1. The lowest BCUT2D eigenvalue weighted by Crippen LogP contribution is -2.30. The number of aromatic amines is 1. The minimum absolute atomic E-state index is 0.0579. The molecule has 0 amide bonds. The van der Waals surface area contributed by atoms with E-state index in [1.165, 1.54) is 12.8 Å². The van der Waals surface area contributed by atoms with E-state index in [0.29, 0.717) is 18.3 Å². The van der Waals surface area contributed by atoms with Crippen molar-refractivity contribution in [2.45, 2.75) is 70.8 Å². The number of likely N-dealkylation sites (tertiary alicyclic amines) is 1. The number of hydrogen-bond acceptors (Lipinski definition) is 6. The predicted molar refractivity (Wildman–Crippen MR) is 122 cm³/mol. The highest BCUT2D eigenvalue weighted by Gasteiger charge is 2.31. The quantitative estimate of drug-likeness (QED) is 0.607. The summed E-state index contributed by atoms with van der Waals surface area (Å²) < 4.78 is 7.32. The summed E-state index contributed by atoms with van der Waals surface area (Å²) in [5.41, 5.74) is 2.72. The molecule has 0 unspecified atom stereocenters. The number of H-pyrrole nitrogens is 1. The number of carbonyl (C=O) groups is 1. The molecule has 3 aromatic rings. The first-order chi connectivity index (χ1) is 15.4. The fourth-order valence-electron chi connectivity index (χ4n) is 5.54. The molecule has 1 N–H and O–H groups in total. The van der Waals surface area contributed by atoms with Crippen molar-refractivity contribution in [3.63, 3.8) is 0 Å². The molecule has 1 saturated heterocycles. The fraction of sp³-hybridized carbons (Fsp3) is 0.667. The smallest absolute Gasteiger partial charge is 0.306 e. The maximum atomic E-state index is 12.2. The largest absolute Gasteiger partial charge is 0.460 e. The van der Waals surface area contributed by atoms with Crippen LogP contribution in [0.25, 0.3) is 16.6 Å². The van der Waals surface area contributed by atoms with Gasteiger partial charge < -0.3 is 14.6 Å². The zero-order valence-corrected chi connectivity index (χ0v) is 19.4. The molecule has 0 aromatic carbocycles. The second kappa shape index (κ2) is 8.46. The molecular weight excluding hydrogens is 404 g/mol. The van der Waals surface area contributed by atoms with Crippen molar-refractivity contribution in [2.75, 3.05) is 19.6 Å². The van der Waals surface area contributed by atoms with Gasteiger partial charge in [-0.2, -0.15) is 0 Å². The average Bonchev–Trinajstić information content (AvgIpc) is 3.45. The molecule has 0 spiro atoms. The Morgan fingerprint density at radius 1 is 1.19 bits per heavy atom. The molecule has 8 nitrogen and oxygen atoms in total. The maximum absolute atomic E-state index is 12.2. The Labute approximate surface area is 188 Å². The summed E-state index contributed by atoms with van der Waals surface area (Å²) in [5.74, 6) is 1.56. The summed E-state index contributed by atoms with van der Waals surface area (Å²) in [5, 5.41) is 9.97. The van der Waals surface area contributed by atoms with E-state index in [2.05, 4.69) is 31.2 Å². The molecule has 1 aliphatic carbocycles. The molecule has 8 heteroatoms. The van der Waals surface area contributed by atoms with Crippen LogP contribution in [-0.4, -0.2) is 60.9 Å². The van der Waals surface area contributed by atoms with Crippen LogP contribution in [0.3, 0.4) is 0 Å². The van der Waals surface area contributed by atoms with Crippen LogP contribution in [0, 0.1) is 11.8 Å². The van der Waals surface area contributed by atoms with Crippen LogP contribution in [0.15, 0.2) is 18.6 Å². The minimum Gasteiger partial charge on any atom is -0.460 e. The van der Waals surface area contributed by atoms with Crippen LogP contribution in [0.1, 0.15) is 70.9 Å². The first-order valence-corrected chi connectivity index (χ1v) is 12.0. The van der Waals surface area contributed by atoms with Gasteiger partial charge in [0.05, 0.1) is 5.69 Å². The lowest BCUT2D eigenvalue weighted by Gasteiger charge is -2.30. The van der Waals surface area contributed by atoms with Gasteiger partial charge in [0.1, 0.15) is 23.1 Å². The number of esters is 1. The number of rotatable bonds is 5. The maximum Gasteiger partial charge on any atom is 0.306 e. The third-order valence-corrected chi connectivity index (χ3v) is 6.99. The van der Waals surface area contributed by atoms with E-state index in [1.807, 2.05) is 31.5 Å². The molecule has 32 heavy (non-hydrogen) atoms. The second-order valence-electron chi connectivity index (χ2n) is 10.7. The molecule has 4 heterocycles. The third-order valence-electron chi connectivity index (χ3n) is 6.99. The van der Waals surface area contributed by atoms with E-state index >= 15 is 0 Å². The van der Waals surface area contributed by atoms with Gasteiger partial charge in [0, 0.05) is 37.0 Å². The number of ether oxygens (including phenoxy) is 1. The van der Waals surface area contributed by atoms with Crippen molar-refractivity contribution < 1.29 is 9.53 Å². The van der Waals surface area contributed by atoms with E-state index < -0.39 is 5.60 Å². The van der Waals surface area contributed by atoms with E-state index in [-0.39, 0.29) is 5.97 Å². The van der Waals surface area contributed by atoms with E-state index in [9.17, 15) is 4.79 Å². The van der Waals surface area contributed by atoms with Crippen LogP contribution in [0.2, 0.25) is 0 Å². The zero-order chi connectivity index (χ0) is 22.3. The highest BCUT2D eigenvalue weighted by molar-refractivity contribution is 5.92. The van der Waals surface area contributed by atoms with Crippen molar-refractivity contribution in [3.05, 3.63) is 24.3 Å². The number of nitrogens with one attached hydrogen (secondary N) is 1. The number of hydrogen-bond donors (Lipinski definition) is 1. The fourth-order valence-corrected chi connectivity index (χ4v) is 5.54. The molecule has 172 valence electrons. The summed E-state index contributed by atoms with van der Waals surface area (Å²) in [7, 11) is 0. The highest BCUT2D eigenvalue weighted by Crippen LogP contribution is 2.38. The number of carbonyl (C=O) groups excluding carboxylic acids is 1. The molecule has 0 radical (unpaired) electrons. The van der Waals surface area contributed by atoms with Crippen LogP contribution in [0.5, 0.6) is 0 Å². The number of aromatic nitrogens is 5. The van der Waals surface area contributed by atoms with Gasteiger partial charge in [0.25, 0.3) is 0 Å². The standard InChI is InChI=1S/C24H34N6O2/c1-24(2,3)32-20(31)12-17-9-11-29(14-17)13-16-4-6-18(7-5-16)21-22-19-8-10-25-23(19)26-15-30(22)28-27-21/h8,10,15-18,25H,4-7,9,11-14H2,1-3H3/t16?,17-,18?/m0/s1. The monoisotopic (exact) mass is 438 g/mol. The van der Waals surface area contributed by atoms with Crippen molar-refractivity contribution in [2.24, 2.45) is 11.8 Å². The van der Waals surface area contributed by atoms with Crippen LogP contribution >= 0.6 is 0 Å². The summed E-state index contributed by atoms with van der Waals surface area (Å²) in [6, 6.07) is 2.07. The SMILES string of the molecule is CC(C)(C)OC(=O)C[C@@H]1CCN(CC2CCC(c3nnn4cnc5[nH]ccc5c34)CC2)C1. The van der Waals surface area contributed by atoms with Gasteiger partial charge in [0.2, 0.25) is 0 Å². The van der Waals surface area contributed by atoms with Crippen molar-refractivity contribution in [1.82, 2.24) is 29.7 Å². The van der Waals surface area contributed by atoms with Crippen LogP contribution < -0.4 is 0 Å². The van der Waals surface area contributed by atoms with Crippen molar-refractivity contribution in [3.8, 4) is 0 Å². The molecule has 2 fully saturated rings. The third kappa shape index (κ3) is 4.51. The normalized spacial score (nSPS) is 25.0. The number of fused-ring (bicyclic) bond motifs is 3. The average molecular weight is 439 g/mol. The molecule has 3 aromatic heterocycles. The van der Waals surface area contributed by atoms with Gasteiger partial charge in [-0.15, -0.1) is 5.10 Å². The molecule has 1 aliphatic heterocycles.